The highest BCUT2D eigenvalue weighted by atomic mass is 19.1. The van der Waals surface area contributed by atoms with Crippen molar-refractivity contribution in [2.75, 3.05) is 0 Å². The standard InChI is InChI=1S/C11H6FNO5/c12-7-2-5(1-6(3-7)10(14)15)9-4-8(11(16)17)13-18-9/h1-4H,(H,14,15)(H,16,17). The fourth-order valence-electron chi connectivity index (χ4n) is 1.37. The molecule has 0 atom stereocenters. The molecule has 0 bridgehead atoms. The lowest BCUT2D eigenvalue weighted by Gasteiger charge is -1.99. The van der Waals surface area contributed by atoms with Crippen LogP contribution in [0.3, 0.4) is 0 Å². The van der Waals surface area contributed by atoms with E-state index in [4.69, 9.17) is 14.7 Å². The second-order valence-electron chi connectivity index (χ2n) is 3.42. The largest absolute Gasteiger partial charge is 0.478 e. The molecule has 0 saturated heterocycles. The number of benzene rings is 1. The summed E-state index contributed by atoms with van der Waals surface area (Å²) < 4.78 is 17.9. The highest BCUT2D eigenvalue weighted by Gasteiger charge is 2.15. The van der Waals surface area contributed by atoms with Crippen molar-refractivity contribution in [3.63, 3.8) is 0 Å². The van der Waals surface area contributed by atoms with Crippen LogP contribution in [0.4, 0.5) is 4.39 Å². The van der Waals surface area contributed by atoms with Crippen LogP contribution in [-0.4, -0.2) is 27.3 Å². The van der Waals surface area contributed by atoms with Crippen LogP contribution in [0.5, 0.6) is 0 Å². The number of hydrogen-bond donors (Lipinski definition) is 2. The van der Waals surface area contributed by atoms with Crippen molar-refractivity contribution in [3.05, 3.63) is 41.3 Å². The minimum atomic E-state index is -1.30. The Morgan fingerprint density at radius 3 is 2.39 bits per heavy atom. The van der Waals surface area contributed by atoms with Gasteiger partial charge < -0.3 is 14.7 Å². The first kappa shape index (κ1) is 11.8. The topological polar surface area (TPSA) is 101 Å². The van der Waals surface area contributed by atoms with Crippen LogP contribution in [0.1, 0.15) is 20.8 Å². The molecule has 2 aromatic rings. The third-order valence-electron chi connectivity index (χ3n) is 2.16. The fraction of sp³-hybridized carbons (Fsp3) is 0. The number of halogens is 1. The van der Waals surface area contributed by atoms with Crippen LogP contribution in [-0.2, 0) is 0 Å². The molecule has 0 spiro atoms. The number of carbonyl (C=O) groups is 2. The third kappa shape index (κ3) is 2.19. The molecule has 0 fully saturated rings. The average molecular weight is 251 g/mol. The van der Waals surface area contributed by atoms with Gasteiger partial charge in [0.1, 0.15) is 5.82 Å². The Labute approximate surface area is 99.3 Å². The zero-order valence-corrected chi connectivity index (χ0v) is 8.75. The van der Waals surface area contributed by atoms with Crippen molar-refractivity contribution in [3.8, 4) is 11.3 Å². The quantitative estimate of drug-likeness (QED) is 0.863. The molecule has 0 aliphatic rings. The van der Waals surface area contributed by atoms with E-state index >= 15 is 0 Å². The minimum Gasteiger partial charge on any atom is -0.478 e. The van der Waals surface area contributed by atoms with Crippen LogP contribution in [0.15, 0.2) is 28.8 Å². The second-order valence-corrected chi connectivity index (χ2v) is 3.42. The lowest BCUT2D eigenvalue weighted by atomic mass is 10.1. The number of nitrogens with zero attached hydrogens (tertiary/aromatic N) is 1. The zero-order valence-electron chi connectivity index (χ0n) is 8.75. The maximum absolute atomic E-state index is 13.2. The third-order valence-corrected chi connectivity index (χ3v) is 2.16. The molecule has 0 saturated carbocycles. The first-order chi connectivity index (χ1) is 8.47. The predicted octanol–water partition coefficient (Wildman–Crippen LogP) is 1.88. The van der Waals surface area contributed by atoms with Crippen LogP contribution in [0.25, 0.3) is 11.3 Å². The molecule has 1 heterocycles. The van der Waals surface area contributed by atoms with Gasteiger partial charge in [-0.1, -0.05) is 5.16 Å². The summed E-state index contributed by atoms with van der Waals surface area (Å²) in [6, 6.07) is 4.12. The van der Waals surface area contributed by atoms with Crippen molar-refractivity contribution < 1.29 is 28.7 Å². The Morgan fingerprint density at radius 1 is 1.11 bits per heavy atom. The van der Waals surface area contributed by atoms with Crippen LogP contribution in [0.2, 0.25) is 0 Å². The molecule has 1 aromatic carbocycles. The highest BCUT2D eigenvalue weighted by molar-refractivity contribution is 5.90. The van der Waals surface area contributed by atoms with Gasteiger partial charge in [0.2, 0.25) is 0 Å². The van der Waals surface area contributed by atoms with Crippen LogP contribution in [0, 0.1) is 5.82 Å². The maximum Gasteiger partial charge on any atom is 0.358 e. The lowest BCUT2D eigenvalue weighted by Crippen LogP contribution is -1.97. The van der Waals surface area contributed by atoms with Crippen LogP contribution >= 0.6 is 0 Å². The van der Waals surface area contributed by atoms with Gasteiger partial charge in [-0.25, -0.2) is 14.0 Å². The van der Waals surface area contributed by atoms with Gasteiger partial charge in [0.15, 0.2) is 11.5 Å². The molecule has 92 valence electrons. The van der Waals surface area contributed by atoms with E-state index in [1.165, 1.54) is 0 Å². The monoisotopic (exact) mass is 251 g/mol. The van der Waals surface area contributed by atoms with Gasteiger partial charge in [0, 0.05) is 11.6 Å². The Hall–Kier alpha value is -2.70. The first-order valence-corrected chi connectivity index (χ1v) is 4.71. The van der Waals surface area contributed by atoms with E-state index in [9.17, 15) is 14.0 Å². The number of hydrogen-bond acceptors (Lipinski definition) is 4. The van der Waals surface area contributed by atoms with Crippen molar-refractivity contribution in [2.45, 2.75) is 0 Å². The second kappa shape index (κ2) is 4.28. The Balaban J connectivity index is 2.49. The van der Waals surface area contributed by atoms with E-state index in [0.29, 0.717) is 0 Å². The molecule has 0 unspecified atom stereocenters. The number of carboxylic acid groups (broad SMARTS) is 2. The number of rotatable bonds is 3. The molecule has 0 aliphatic heterocycles. The van der Waals surface area contributed by atoms with Gasteiger partial charge in [-0.2, -0.15) is 0 Å². The summed E-state index contributed by atoms with van der Waals surface area (Å²) in [7, 11) is 0. The summed E-state index contributed by atoms with van der Waals surface area (Å²) in [6.45, 7) is 0. The maximum atomic E-state index is 13.2. The normalized spacial score (nSPS) is 10.3. The van der Waals surface area contributed by atoms with Crippen LogP contribution < -0.4 is 0 Å². The van der Waals surface area contributed by atoms with Crippen molar-refractivity contribution in [2.24, 2.45) is 0 Å². The molecule has 0 amide bonds. The SMILES string of the molecule is O=C(O)c1cc(F)cc(-c2cc(C(=O)O)no2)c1. The molecule has 6 nitrogen and oxygen atoms in total. The smallest absolute Gasteiger partial charge is 0.358 e. The average Bonchev–Trinajstić information content (AvgIpc) is 2.77. The van der Waals surface area contributed by atoms with Crippen molar-refractivity contribution >= 4 is 11.9 Å². The summed E-state index contributed by atoms with van der Waals surface area (Å²) >= 11 is 0. The summed E-state index contributed by atoms with van der Waals surface area (Å²) in [5.74, 6) is -3.37. The van der Waals surface area contributed by atoms with Gasteiger partial charge in [-0.05, 0) is 18.2 Å². The van der Waals surface area contributed by atoms with Gasteiger partial charge in [0.25, 0.3) is 0 Å². The zero-order chi connectivity index (χ0) is 13.3. The Kier molecular flexibility index (Phi) is 2.80. The Bertz CT molecular complexity index is 634. The lowest BCUT2D eigenvalue weighted by molar-refractivity contribution is 0.0679. The fourth-order valence-corrected chi connectivity index (χ4v) is 1.37. The first-order valence-electron chi connectivity index (χ1n) is 4.71. The molecule has 0 radical (unpaired) electrons. The number of aromatic nitrogens is 1. The highest BCUT2D eigenvalue weighted by Crippen LogP contribution is 2.23. The molecule has 2 rings (SSSR count). The molecule has 18 heavy (non-hydrogen) atoms. The molecular weight excluding hydrogens is 245 g/mol. The predicted molar refractivity (Wildman–Crippen MR) is 55.8 cm³/mol. The molecule has 2 N–H and O–H groups in total. The van der Waals surface area contributed by atoms with Gasteiger partial charge in [0.05, 0.1) is 5.56 Å². The summed E-state index contributed by atoms with van der Waals surface area (Å²) in [6.07, 6.45) is 0. The van der Waals surface area contributed by atoms with E-state index in [2.05, 4.69) is 5.16 Å². The van der Waals surface area contributed by atoms with E-state index in [1.807, 2.05) is 0 Å². The molecular formula is C11H6FNO5. The van der Waals surface area contributed by atoms with Gasteiger partial charge in [-0.15, -0.1) is 0 Å². The Morgan fingerprint density at radius 2 is 1.83 bits per heavy atom. The van der Waals surface area contributed by atoms with Crippen molar-refractivity contribution in [1.29, 1.82) is 0 Å². The summed E-state index contributed by atoms with van der Waals surface area (Å²) in [5.41, 5.74) is -0.503. The summed E-state index contributed by atoms with van der Waals surface area (Å²) in [4.78, 5) is 21.3. The number of aromatic carboxylic acids is 2. The molecule has 7 heteroatoms. The minimum absolute atomic E-state index is 0.0191. The van der Waals surface area contributed by atoms with E-state index in [-0.39, 0.29) is 22.6 Å². The van der Waals surface area contributed by atoms with Gasteiger partial charge in [-0.3, -0.25) is 0 Å². The van der Waals surface area contributed by atoms with Gasteiger partial charge >= 0.3 is 11.9 Å². The van der Waals surface area contributed by atoms with Crippen molar-refractivity contribution in [1.82, 2.24) is 5.16 Å². The molecule has 0 aliphatic carbocycles. The summed E-state index contributed by atoms with van der Waals surface area (Å²) in [5, 5.41) is 20.7. The number of carboxylic acids is 2. The van der Waals surface area contributed by atoms with E-state index < -0.39 is 17.8 Å². The molecule has 1 aromatic heterocycles. The van der Waals surface area contributed by atoms with E-state index in [1.54, 1.807) is 0 Å². The van der Waals surface area contributed by atoms with E-state index in [0.717, 1.165) is 24.3 Å².